The van der Waals surface area contributed by atoms with Crippen LogP contribution in [-0.2, 0) is 15.7 Å². The minimum absolute atomic E-state index is 0.0373. The Morgan fingerprint density at radius 3 is 2.69 bits per heavy atom. The maximum atomic E-state index is 13.4. The standard InChI is InChI=1S/C21H18F3N5O3/c22-21(23,24)17-9-15(27-20-25-11-26-29(17)20)12-5-7-28(8-6-12)18(30)10-16-13-3-1-2-4-14(13)19(31)32-16/h1-4,9,11-12,16H,5-8,10H2. The molecule has 1 saturated heterocycles. The molecule has 0 radical (unpaired) electrons. The number of nitrogens with zero attached hydrogens (tertiary/aromatic N) is 5. The average molecular weight is 445 g/mol. The summed E-state index contributed by atoms with van der Waals surface area (Å²) in [4.78, 5) is 34.5. The Morgan fingerprint density at radius 1 is 1.19 bits per heavy atom. The molecule has 11 heteroatoms. The minimum atomic E-state index is -4.59. The summed E-state index contributed by atoms with van der Waals surface area (Å²) in [6.07, 6.45) is -3.18. The lowest BCUT2D eigenvalue weighted by molar-refractivity contribution is -0.142. The van der Waals surface area contributed by atoms with Crippen molar-refractivity contribution >= 4 is 17.7 Å². The fourth-order valence-corrected chi connectivity index (χ4v) is 4.33. The Kier molecular flexibility index (Phi) is 4.83. The third kappa shape index (κ3) is 3.57. The Balaban J connectivity index is 1.27. The number of fused-ring (bicyclic) bond motifs is 2. The third-order valence-corrected chi connectivity index (χ3v) is 5.96. The summed E-state index contributed by atoms with van der Waals surface area (Å²) in [6, 6.07) is 7.98. The quantitative estimate of drug-likeness (QED) is 0.576. The normalized spacial score (nSPS) is 19.3. The maximum Gasteiger partial charge on any atom is 0.433 e. The number of aromatic nitrogens is 4. The largest absolute Gasteiger partial charge is 0.453 e. The van der Waals surface area contributed by atoms with Crippen molar-refractivity contribution in [1.82, 2.24) is 24.5 Å². The van der Waals surface area contributed by atoms with Crippen LogP contribution >= 0.6 is 0 Å². The summed E-state index contributed by atoms with van der Waals surface area (Å²) >= 11 is 0. The zero-order chi connectivity index (χ0) is 22.5. The van der Waals surface area contributed by atoms with Gasteiger partial charge in [0.25, 0.3) is 5.78 Å². The van der Waals surface area contributed by atoms with Gasteiger partial charge in [-0.05, 0) is 25.0 Å². The lowest BCUT2D eigenvalue weighted by Crippen LogP contribution is -2.38. The number of benzene rings is 1. The summed E-state index contributed by atoms with van der Waals surface area (Å²) in [5.74, 6) is -0.927. The van der Waals surface area contributed by atoms with Crippen LogP contribution in [0.25, 0.3) is 5.78 Å². The highest BCUT2D eigenvalue weighted by Gasteiger charge is 2.37. The van der Waals surface area contributed by atoms with Crippen LogP contribution < -0.4 is 0 Å². The molecule has 4 heterocycles. The number of rotatable bonds is 3. The fourth-order valence-electron chi connectivity index (χ4n) is 4.33. The van der Waals surface area contributed by atoms with Crippen molar-refractivity contribution < 1.29 is 27.5 Å². The zero-order valence-electron chi connectivity index (χ0n) is 16.7. The predicted molar refractivity (Wildman–Crippen MR) is 104 cm³/mol. The van der Waals surface area contributed by atoms with Gasteiger partial charge in [-0.15, -0.1) is 0 Å². The van der Waals surface area contributed by atoms with Crippen molar-refractivity contribution in [3.63, 3.8) is 0 Å². The second kappa shape index (κ2) is 7.57. The van der Waals surface area contributed by atoms with Crippen LogP contribution in [0.3, 0.4) is 0 Å². The highest BCUT2D eigenvalue weighted by atomic mass is 19.4. The lowest BCUT2D eigenvalue weighted by atomic mass is 9.92. The summed E-state index contributed by atoms with van der Waals surface area (Å²) in [5.41, 5.74) is 0.546. The molecule has 2 aromatic heterocycles. The first kappa shape index (κ1) is 20.4. The Hall–Kier alpha value is -3.50. The van der Waals surface area contributed by atoms with Crippen LogP contribution in [0, 0.1) is 0 Å². The van der Waals surface area contributed by atoms with Crippen molar-refractivity contribution in [2.24, 2.45) is 0 Å². The van der Waals surface area contributed by atoms with Gasteiger partial charge in [0.15, 0.2) is 5.69 Å². The Morgan fingerprint density at radius 2 is 1.94 bits per heavy atom. The average Bonchev–Trinajstić information content (AvgIpc) is 3.37. The molecule has 1 aromatic carbocycles. The summed E-state index contributed by atoms with van der Waals surface area (Å²) < 4.78 is 46.3. The minimum Gasteiger partial charge on any atom is -0.453 e. The van der Waals surface area contributed by atoms with Gasteiger partial charge in [0, 0.05) is 30.3 Å². The second-order valence-electron chi connectivity index (χ2n) is 7.88. The topological polar surface area (TPSA) is 89.7 Å². The van der Waals surface area contributed by atoms with Crippen LogP contribution in [0.2, 0.25) is 0 Å². The van der Waals surface area contributed by atoms with Crippen molar-refractivity contribution in [3.8, 4) is 0 Å². The summed E-state index contributed by atoms with van der Waals surface area (Å²) in [6.45, 7) is 0.763. The summed E-state index contributed by atoms with van der Waals surface area (Å²) in [7, 11) is 0. The van der Waals surface area contributed by atoms with Gasteiger partial charge in [-0.3, -0.25) is 4.79 Å². The van der Waals surface area contributed by atoms with Crippen molar-refractivity contribution in [3.05, 3.63) is 59.2 Å². The molecule has 0 N–H and O–H groups in total. The SMILES string of the molecule is O=C1OC(CC(=O)N2CCC(c3cc(C(F)(F)F)n4ncnc4n3)CC2)c2ccccc21. The molecule has 3 aromatic rings. The van der Waals surface area contributed by atoms with Gasteiger partial charge in [-0.25, -0.2) is 9.78 Å². The number of hydrogen-bond acceptors (Lipinski definition) is 6. The number of esters is 1. The molecule has 1 unspecified atom stereocenters. The highest BCUT2D eigenvalue weighted by Crippen LogP contribution is 2.36. The number of amides is 1. The van der Waals surface area contributed by atoms with E-state index >= 15 is 0 Å². The number of ether oxygens (including phenoxy) is 1. The molecule has 0 aliphatic carbocycles. The number of halogens is 3. The molecule has 2 aliphatic rings. The predicted octanol–water partition coefficient (Wildman–Crippen LogP) is 3.15. The molecule has 166 valence electrons. The molecule has 0 saturated carbocycles. The van der Waals surface area contributed by atoms with E-state index < -0.39 is 23.9 Å². The number of carbonyl (C=O) groups excluding carboxylic acids is 2. The number of alkyl halides is 3. The van der Waals surface area contributed by atoms with Crippen LogP contribution in [0.1, 0.15) is 58.6 Å². The van der Waals surface area contributed by atoms with Crippen molar-refractivity contribution in [2.45, 2.75) is 37.5 Å². The first-order valence-corrected chi connectivity index (χ1v) is 10.2. The van der Waals surface area contributed by atoms with Gasteiger partial charge in [-0.2, -0.15) is 27.8 Å². The smallest absolute Gasteiger partial charge is 0.433 e. The fraction of sp³-hybridized carbons (Fsp3) is 0.381. The second-order valence-corrected chi connectivity index (χ2v) is 7.88. The first-order valence-electron chi connectivity index (χ1n) is 10.2. The molecule has 0 bridgehead atoms. The molecular weight excluding hydrogens is 427 g/mol. The first-order chi connectivity index (χ1) is 15.3. The lowest BCUT2D eigenvalue weighted by Gasteiger charge is -2.32. The number of piperidine rings is 1. The van der Waals surface area contributed by atoms with Crippen molar-refractivity contribution in [2.75, 3.05) is 13.1 Å². The summed E-state index contributed by atoms with van der Waals surface area (Å²) in [5, 5.41) is 3.61. The van der Waals surface area contributed by atoms with E-state index in [2.05, 4.69) is 15.1 Å². The molecule has 1 amide bonds. The Labute approximate surface area is 180 Å². The van der Waals surface area contributed by atoms with Crippen molar-refractivity contribution in [1.29, 1.82) is 0 Å². The van der Waals surface area contributed by atoms with E-state index in [1.54, 1.807) is 29.2 Å². The maximum absolute atomic E-state index is 13.4. The van der Waals surface area contributed by atoms with Crippen LogP contribution in [-0.4, -0.2) is 49.4 Å². The van der Waals surface area contributed by atoms with E-state index in [0.29, 0.717) is 47.3 Å². The van der Waals surface area contributed by atoms with Crippen LogP contribution in [0.4, 0.5) is 13.2 Å². The molecule has 1 atom stereocenters. The number of hydrogen-bond donors (Lipinski definition) is 0. The molecule has 8 nitrogen and oxygen atoms in total. The number of likely N-dealkylation sites (tertiary alicyclic amines) is 1. The van der Waals surface area contributed by atoms with Crippen LogP contribution in [0.15, 0.2) is 36.7 Å². The van der Waals surface area contributed by atoms with Gasteiger partial charge >= 0.3 is 12.1 Å². The van der Waals surface area contributed by atoms with Gasteiger partial charge < -0.3 is 9.64 Å². The van der Waals surface area contributed by atoms with E-state index in [1.165, 1.54) is 0 Å². The number of carbonyl (C=O) groups is 2. The zero-order valence-corrected chi connectivity index (χ0v) is 16.7. The van der Waals surface area contributed by atoms with Gasteiger partial charge in [0.1, 0.15) is 12.4 Å². The van der Waals surface area contributed by atoms with Crippen LogP contribution in [0.5, 0.6) is 0 Å². The molecular formula is C21H18F3N5O3. The van der Waals surface area contributed by atoms with Gasteiger partial charge in [0.05, 0.1) is 12.0 Å². The van der Waals surface area contributed by atoms with E-state index in [1.807, 2.05) is 0 Å². The monoisotopic (exact) mass is 445 g/mol. The number of cyclic esters (lactones) is 1. The van der Waals surface area contributed by atoms with E-state index in [9.17, 15) is 22.8 Å². The van der Waals surface area contributed by atoms with E-state index in [4.69, 9.17) is 4.74 Å². The highest BCUT2D eigenvalue weighted by molar-refractivity contribution is 5.94. The molecule has 2 aliphatic heterocycles. The molecule has 32 heavy (non-hydrogen) atoms. The van der Waals surface area contributed by atoms with Gasteiger partial charge in [0.2, 0.25) is 5.91 Å². The van der Waals surface area contributed by atoms with Gasteiger partial charge in [-0.1, -0.05) is 18.2 Å². The third-order valence-electron chi connectivity index (χ3n) is 5.96. The Bertz CT molecular complexity index is 1200. The molecule has 1 fully saturated rings. The van der Waals surface area contributed by atoms with E-state index in [0.717, 1.165) is 12.4 Å². The molecule has 0 spiro atoms. The van der Waals surface area contributed by atoms with E-state index in [-0.39, 0.29) is 24.0 Å². The molecule has 5 rings (SSSR count).